The number of nitrogens with one attached hydrogen (secondary N) is 2. The number of benzene rings is 1. The third kappa shape index (κ3) is 2.32. The van der Waals surface area contributed by atoms with Crippen molar-refractivity contribution in [2.45, 2.75) is 0 Å². The van der Waals surface area contributed by atoms with E-state index in [1.807, 2.05) is 10.8 Å². The lowest BCUT2D eigenvalue weighted by Crippen LogP contribution is -2.14. The van der Waals surface area contributed by atoms with Crippen LogP contribution in [-0.2, 0) is 0 Å². The quantitative estimate of drug-likeness (QED) is 0.384. The Balaban J connectivity index is 1.53. The van der Waals surface area contributed by atoms with Gasteiger partial charge in [-0.15, -0.1) is 22.7 Å². The number of anilines is 2. The minimum atomic E-state index is 0.536. The summed E-state index contributed by atoms with van der Waals surface area (Å²) in [5.41, 5.74) is 5.57. The highest BCUT2D eigenvalue weighted by Gasteiger charge is 2.34. The molecule has 0 saturated heterocycles. The number of fused-ring (bicyclic) bond motifs is 4. The fourth-order valence-electron chi connectivity index (χ4n) is 3.85. The van der Waals surface area contributed by atoms with Gasteiger partial charge in [0.05, 0.1) is 56.1 Å². The Morgan fingerprint density at radius 1 is 0.700 bits per heavy atom. The number of rotatable bonds is 2. The highest BCUT2D eigenvalue weighted by atomic mass is 32.2. The van der Waals surface area contributed by atoms with Crippen molar-refractivity contribution in [1.82, 2.24) is 8.75 Å². The molecule has 1 aromatic carbocycles. The summed E-state index contributed by atoms with van der Waals surface area (Å²) in [6, 6.07) is 0. The minimum Gasteiger partial charge on any atom is -0.485 e. The van der Waals surface area contributed by atoms with Gasteiger partial charge in [0.1, 0.15) is 37.5 Å². The van der Waals surface area contributed by atoms with Crippen LogP contribution < -0.4 is 28.4 Å². The van der Waals surface area contributed by atoms with E-state index in [2.05, 4.69) is 18.2 Å². The maximum Gasteiger partial charge on any atom is 0.180 e. The first kappa shape index (κ1) is 17.3. The van der Waals surface area contributed by atoms with Gasteiger partial charge in [0.15, 0.2) is 23.0 Å². The van der Waals surface area contributed by atoms with Gasteiger partial charge in [0, 0.05) is 10.8 Å². The van der Waals surface area contributed by atoms with Crippen molar-refractivity contribution in [2.75, 3.05) is 35.9 Å². The van der Waals surface area contributed by atoms with E-state index >= 15 is 0 Å². The molecule has 4 aromatic rings. The smallest absolute Gasteiger partial charge is 0.180 e. The molecule has 3 aliphatic rings. The average Bonchev–Trinajstić information content (AvgIpc) is 3.57. The number of aromatic nitrogens is 2. The van der Waals surface area contributed by atoms with Gasteiger partial charge in [0.25, 0.3) is 0 Å². The summed E-state index contributed by atoms with van der Waals surface area (Å²) in [4.78, 5) is 1.99. The fraction of sp³-hybridized carbons (Fsp3) is 0.222. The maximum atomic E-state index is 5.96. The average molecular weight is 477 g/mol. The number of hydrogen-bond donors (Lipinski definition) is 2. The Morgan fingerprint density at radius 2 is 1.20 bits per heavy atom. The SMILES string of the molecule is c1sc(-c2c3c(c(-c4scc5c4OCCO5)c4nsnc24)NSN3)c2c1OCCO2. The van der Waals surface area contributed by atoms with Gasteiger partial charge >= 0.3 is 0 Å². The zero-order valence-corrected chi connectivity index (χ0v) is 18.4. The first-order chi connectivity index (χ1) is 14.9. The third-order valence-corrected chi connectivity index (χ3v) is 8.13. The van der Waals surface area contributed by atoms with Crippen molar-refractivity contribution in [2.24, 2.45) is 0 Å². The Bertz CT molecular complexity index is 1220. The highest BCUT2D eigenvalue weighted by Crippen LogP contribution is 2.59. The fourth-order valence-corrected chi connectivity index (χ4v) is 7.04. The van der Waals surface area contributed by atoms with Crippen molar-refractivity contribution in [3.05, 3.63) is 10.8 Å². The lowest BCUT2D eigenvalue weighted by atomic mass is 10.00. The number of thiophene rings is 2. The molecular formula is C18H12N4O4S4. The summed E-state index contributed by atoms with van der Waals surface area (Å²) in [7, 11) is 0. The Hall–Kier alpha value is -2.41. The summed E-state index contributed by atoms with van der Waals surface area (Å²) in [6.07, 6.45) is 0. The monoisotopic (exact) mass is 476 g/mol. The molecule has 0 aliphatic carbocycles. The van der Waals surface area contributed by atoms with Crippen molar-refractivity contribution < 1.29 is 18.9 Å². The number of hydrogen-bond acceptors (Lipinski definition) is 12. The molecule has 0 spiro atoms. The van der Waals surface area contributed by atoms with Crippen LogP contribution in [0.3, 0.4) is 0 Å². The van der Waals surface area contributed by atoms with Crippen LogP contribution in [-0.4, -0.2) is 35.2 Å². The molecule has 6 heterocycles. The Morgan fingerprint density at radius 3 is 1.73 bits per heavy atom. The van der Waals surface area contributed by atoms with Gasteiger partial charge in [-0.05, 0) is 0 Å². The van der Waals surface area contributed by atoms with Crippen LogP contribution in [0.5, 0.6) is 23.0 Å². The molecule has 12 heteroatoms. The van der Waals surface area contributed by atoms with Crippen molar-refractivity contribution >= 4 is 68.9 Å². The zero-order valence-electron chi connectivity index (χ0n) is 15.1. The van der Waals surface area contributed by atoms with E-state index in [1.165, 1.54) is 23.9 Å². The molecule has 0 bridgehead atoms. The molecule has 3 aliphatic heterocycles. The van der Waals surface area contributed by atoms with Gasteiger partial charge in [0.2, 0.25) is 0 Å². The standard InChI is InChI=1S/C18H12N4O4S4/c1-3-25-15-7(23-1)5-27-17(15)9-11-13(21-29-19-11)10(14-12(9)20-30-22-14)18-16-8(6-28-18)24-2-4-26-16/h5-6,19,21H,1-4H2. The van der Waals surface area contributed by atoms with E-state index in [0.717, 1.165) is 66.3 Å². The molecule has 0 amide bonds. The van der Waals surface area contributed by atoms with E-state index in [1.54, 1.807) is 22.7 Å². The van der Waals surface area contributed by atoms with Gasteiger partial charge in [-0.3, -0.25) is 0 Å². The van der Waals surface area contributed by atoms with E-state index in [-0.39, 0.29) is 0 Å². The Labute approximate surface area is 186 Å². The van der Waals surface area contributed by atoms with Crippen LogP contribution in [0.4, 0.5) is 11.4 Å². The van der Waals surface area contributed by atoms with Crippen LogP contribution >= 0.6 is 46.5 Å². The summed E-state index contributed by atoms with van der Waals surface area (Å²) >= 11 is 5.83. The predicted octanol–water partition coefficient (Wildman–Crippen LogP) is 5.09. The van der Waals surface area contributed by atoms with E-state index in [4.69, 9.17) is 18.9 Å². The second kappa shape index (κ2) is 6.54. The first-order valence-corrected chi connectivity index (χ1v) is 12.5. The molecule has 2 N–H and O–H groups in total. The molecule has 8 nitrogen and oxygen atoms in total. The molecule has 3 aromatic heterocycles. The van der Waals surface area contributed by atoms with E-state index in [0.29, 0.717) is 26.4 Å². The van der Waals surface area contributed by atoms with Crippen molar-refractivity contribution in [3.8, 4) is 43.9 Å². The van der Waals surface area contributed by atoms with E-state index in [9.17, 15) is 0 Å². The minimum absolute atomic E-state index is 0.536. The van der Waals surface area contributed by atoms with Crippen molar-refractivity contribution in [3.63, 3.8) is 0 Å². The molecule has 0 saturated carbocycles. The van der Waals surface area contributed by atoms with Crippen molar-refractivity contribution in [1.29, 1.82) is 0 Å². The molecule has 152 valence electrons. The topological polar surface area (TPSA) is 86.8 Å². The summed E-state index contributed by atoms with van der Waals surface area (Å²) in [5.74, 6) is 3.12. The molecule has 0 radical (unpaired) electrons. The summed E-state index contributed by atoms with van der Waals surface area (Å²) in [6.45, 7) is 2.20. The molecule has 30 heavy (non-hydrogen) atoms. The number of ether oxygens (including phenoxy) is 4. The van der Waals surface area contributed by atoms with Crippen LogP contribution in [0.25, 0.3) is 31.9 Å². The predicted molar refractivity (Wildman–Crippen MR) is 121 cm³/mol. The van der Waals surface area contributed by atoms with Gasteiger partial charge in [-0.2, -0.15) is 8.75 Å². The third-order valence-electron chi connectivity index (χ3n) is 5.07. The highest BCUT2D eigenvalue weighted by molar-refractivity contribution is 8.02. The molecule has 0 fully saturated rings. The van der Waals surface area contributed by atoms with Crippen LogP contribution in [0.15, 0.2) is 10.8 Å². The van der Waals surface area contributed by atoms with E-state index < -0.39 is 0 Å². The van der Waals surface area contributed by atoms with Gasteiger partial charge < -0.3 is 28.4 Å². The van der Waals surface area contributed by atoms with Crippen LogP contribution in [0, 0.1) is 0 Å². The van der Waals surface area contributed by atoms with Gasteiger partial charge in [-0.25, -0.2) is 0 Å². The van der Waals surface area contributed by atoms with Gasteiger partial charge in [-0.1, -0.05) is 0 Å². The molecule has 0 unspecified atom stereocenters. The maximum absolute atomic E-state index is 5.96. The largest absolute Gasteiger partial charge is 0.485 e. The number of nitrogens with zero attached hydrogens (tertiary/aromatic N) is 2. The lowest BCUT2D eigenvalue weighted by molar-refractivity contribution is 0.174. The lowest BCUT2D eigenvalue weighted by Gasteiger charge is -2.19. The van der Waals surface area contributed by atoms with Crippen LogP contribution in [0.2, 0.25) is 0 Å². The molecule has 0 atom stereocenters. The normalized spacial score (nSPS) is 16.3. The summed E-state index contributed by atoms with van der Waals surface area (Å²) < 4.78 is 39.6. The Kier molecular flexibility index (Phi) is 3.77. The molecular weight excluding hydrogens is 464 g/mol. The molecule has 7 rings (SSSR count). The second-order valence-electron chi connectivity index (χ2n) is 6.68. The van der Waals surface area contributed by atoms with Crippen LogP contribution in [0.1, 0.15) is 0 Å². The first-order valence-electron chi connectivity index (χ1n) is 9.15. The second-order valence-corrected chi connectivity index (χ2v) is 9.58. The zero-order chi connectivity index (χ0) is 19.7. The summed E-state index contributed by atoms with van der Waals surface area (Å²) in [5, 5.41) is 3.98.